The number of nitrogens with zero attached hydrogens (tertiary/aromatic N) is 10. The van der Waals surface area contributed by atoms with Crippen molar-refractivity contribution in [3.05, 3.63) is 84.9 Å². The van der Waals surface area contributed by atoms with Gasteiger partial charge in [-0.05, 0) is 36.0 Å². The van der Waals surface area contributed by atoms with Gasteiger partial charge in [0.15, 0.2) is 5.65 Å². The molecule has 6 rings (SSSR count). The number of rotatable bonds is 3. The second-order valence-electron chi connectivity index (χ2n) is 9.32. The van der Waals surface area contributed by atoms with Gasteiger partial charge in [0.05, 0.1) is 36.0 Å². The van der Waals surface area contributed by atoms with Gasteiger partial charge in [-0.3, -0.25) is 4.98 Å². The first-order valence-corrected chi connectivity index (χ1v) is 12.1. The number of hydrogen-bond acceptors (Lipinski definition) is 7. The van der Waals surface area contributed by atoms with Gasteiger partial charge in [-0.2, -0.15) is 20.3 Å². The lowest BCUT2D eigenvalue weighted by atomic mass is 10.1. The van der Waals surface area contributed by atoms with Crippen LogP contribution in [0.5, 0.6) is 0 Å². The Hall–Kier alpha value is -4.21. The van der Waals surface area contributed by atoms with E-state index in [0.717, 1.165) is 28.2 Å². The number of hydrogen-bond donors (Lipinski definition) is 0. The summed E-state index contributed by atoms with van der Waals surface area (Å²) < 4.78 is 5.28. The van der Waals surface area contributed by atoms with Crippen LogP contribution in [0.1, 0.15) is 76.4 Å². The molecule has 6 heterocycles. The number of fused-ring (bicyclic) bond motifs is 3. The molecule has 0 saturated heterocycles. The van der Waals surface area contributed by atoms with E-state index in [1.165, 1.54) is 6.33 Å². The maximum Gasteiger partial charge on any atom is 0.252 e. The molecule has 186 valence electrons. The molecule has 0 spiro atoms. The lowest BCUT2D eigenvalue weighted by molar-refractivity contribution is 0.792. The van der Waals surface area contributed by atoms with Gasteiger partial charge in [0.25, 0.3) is 5.78 Å². The van der Waals surface area contributed by atoms with Crippen molar-refractivity contribution >= 4 is 16.9 Å². The van der Waals surface area contributed by atoms with Crippen LogP contribution < -0.4 is 0 Å². The van der Waals surface area contributed by atoms with Gasteiger partial charge in [-0.1, -0.05) is 41.5 Å². The van der Waals surface area contributed by atoms with Crippen LogP contribution >= 0.6 is 0 Å². The molecule has 0 aliphatic rings. The van der Waals surface area contributed by atoms with Crippen molar-refractivity contribution in [3.8, 4) is 0 Å². The Labute approximate surface area is 210 Å². The minimum Gasteiger partial charge on any atom is -0.257 e. The molecule has 36 heavy (non-hydrogen) atoms. The highest BCUT2D eigenvalue weighted by molar-refractivity contribution is 5.42. The quantitative estimate of drug-likeness (QED) is 0.350. The second-order valence-corrected chi connectivity index (χ2v) is 9.32. The maximum atomic E-state index is 4.44. The number of aromatic nitrogens is 10. The molecule has 0 aliphatic heterocycles. The first-order chi connectivity index (χ1) is 17.3. The highest BCUT2D eigenvalue weighted by atomic mass is 15.3. The van der Waals surface area contributed by atoms with Gasteiger partial charge in [0, 0.05) is 29.8 Å². The predicted octanol–water partition coefficient (Wildman–Crippen LogP) is 4.95. The highest BCUT2D eigenvalue weighted by Crippen LogP contribution is 2.12. The van der Waals surface area contributed by atoms with Crippen molar-refractivity contribution in [1.82, 2.24) is 48.8 Å². The van der Waals surface area contributed by atoms with E-state index < -0.39 is 0 Å². The molecule has 0 saturated carbocycles. The molecule has 0 unspecified atom stereocenters. The second kappa shape index (κ2) is 11.0. The van der Waals surface area contributed by atoms with Crippen molar-refractivity contribution < 1.29 is 0 Å². The standard InChI is InChI=1S/2C9H11N3.C8H10N4/c1-7(2)8-4-6-12-9(11-8)3-5-10-12;1-7(2)9-6-12-8(5-10-9)3-4-11-12;1-6(2)7-3-4-12-8(11-7)9-5-10-12/h2*3-7H,1-2H3;3-6H,1-2H3. The van der Waals surface area contributed by atoms with Crippen LogP contribution in [0.2, 0.25) is 0 Å². The van der Waals surface area contributed by atoms with Gasteiger partial charge in [-0.25, -0.2) is 23.5 Å². The SMILES string of the molecule is CC(C)c1ccn2nccc2n1.CC(C)c1ccn2ncnc2n1.CC(C)c1cn2nccc2cn1. The van der Waals surface area contributed by atoms with Gasteiger partial charge < -0.3 is 0 Å². The Bertz CT molecular complexity index is 1350. The van der Waals surface area contributed by atoms with Crippen molar-refractivity contribution in [1.29, 1.82) is 0 Å². The van der Waals surface area contributed by atoms with Gasteiger partial charge in [-0.15, -0.1) is 0 Å². The summed E-state index contributed by atoms with van der Waals surface area (Å²) in [4.78, 5) is 17.1. The minimum absolute atomic E-state index is 0.437. The maximum absolute atomic E-state index is 4.44. The molecule has 10 heteroatoms. The summed E-state index contributed by atoms with van der Waals surface area (Å²) in [7, 11) is 0. The van der Waals surface area contributed by atoms with E-state index in [1.54, 1.807) is 21.4 Å². The summed E-state index contributed by atoms with van der Waals surface area (Å²) in [6, 6.07) is 7.82. The lowest BCUT2D eigenvalue weighted by Gasteiger charge is -2.03. The Balaban J connectivity index is 0.000000127. The molecule has 0 aliphatic carbocycles. The zero-order chi connectivity index (χ0) is 25.7. The van der Waals surface area contributed by atoms with Crippen LogP contribution in [-0.2, 0) is 0 Å². The molecule has 0 amide bonds. The molecule has 0 N–H and O–H groups in total. The van der Waals surface area contributed by atoms with Crippen molar-refractivity contribution in [3.63, 3.8) is 0 Å². The molecular weight excluding hydrogens is 452 g/mol. The Morgan fingerprint density at radius 3 is 1.97 bits per heavy atom. The average Bonchev–Trinajstić information content (AvgIpc) is 3.63. The molecule has 10 nitrogen and oxygen atoms in total. The van der Waals surface area contributed by atoms with Crippen LogP contribution in [0.15, 0.2) is 67.8 Å². The molecule has 6 aromatic heterocycles. The van der Waals surface area contributed by atoms with E-state index in [-0.39, 0.29) is 0 Å². The van der Waals surface area contributed by atoms with Crippen molar-refractivity contribution in [2.24, 2.45) is 0 Å². The normalized spacial score (nSPS) is 11.2. The predicted molar refractivity (Wildman–Crippen MR) is 139 cm³/mol. The third-order valence-corrected chi connectivity index (χ3v) is 5.53. The third-order valence-electron chi connectivity index (χ3n) is 5.53. The van der Waals surface area contributed by atoms with Crippen LogP contribution in [-0.4, -0.2) is 48.8 Å². The van der Waals surface area contributed by atoms with E-state index in [2.05, 4.69) is 76.8 Å². The van der Waals surface area contributed by atoms with Crippen LogP contribution in [0.4, 0.5) is 0 Å². The molecular formula is C26H32N10. The monoisotopic (exact) mass is 484 g/mol. The molecule has 0 aromatic carbocycles. The molecule has 0 bridgehead atoms. The first kappa shape index (κ1) is 24.9. The molecule has 0 radical (unpaired) electrons. The smallest absolute Gasteiger partial charge is 0.252 e. The van der Waals surface area contributed by atoms with E-state index in [9.17, 15) is 0 Å². The highest BCUT2D eigenvalue weighted by Gasteiger charge is 2.03. The minimum atomic E-state index is 0.437. The van der Waals surface area contributed by atoms with E-state index in [1.807, 2.05) is 53.6 Å². The van der Waals surface area contributed by atoms with Crippen molar-refractivity contribution in [2.75, 3.05) is 0 Å². The topological polar surface area (TPSA) is 103 Å². The van der Waals surface area contributed by atoms with Crippen molar-refractivity contribution in [2.45, 2.75) is 59.3 Å². The zero-order valence-electron chi connectivity index (χ0n) is 21.6. The molecule has 6 aromatic rings. The van der Waals surface area contributed by atoms with E-state index in [4.69, 9.17) is 0 Å². The van der Waals surface area contributed by atoms with Crippen LogP contribution in [0.25, 0.3) is 16.9 Å². The average molecular weight is 485 g/mol. The Morgan fingerprint density at radius 1 is 0.611 bits per heavy atom. The van der Waals surface area contributed by atoms with Gasteiger partial charge >= 0.3 is 0 Å². The van der Waals surface area contributed by atoms with Gasteiger partial charge in [0.1, 0.15) is 6.33 Å². The summed E-state index contributed by atoms with van der Waals surface area (Å²) >= 11 is 0. The lowest BCUT2D eigenvalue weighted by Crippen LogP contribution is -1.97. The Kier molecular flexibility index (Phi) is 7.62. The largest absolute Gasteiger partial charge is 0.257 e. The van der Waals surface area contributed by atoms with Crippen LogP contribution in [0, 0.1) is 0 Å². The summed E-state index contributed by atoms with van der Waals surface area (Å²) in [5, 5.41) is 12.2. The summed E-state index contributed by atoms with van der Waals surface area (Å²) in [5.74, 6) is 2.04. The van der Waals surface area contributed by atoms with Crippen LogP contribution in [0.3, 0.4) is 0 Å². The van der Waals surface area contributed by atoms with Gasteiger partial charge in [0.2, 0.25) is 0 Å². The van der Waals surface area contributed by atoms with E-state index in [0.29, 0.717) is 23.5 Å². The summed E-state index contributed by atoms with van der Waals surface area (Å²) in [6.45, 7) is 12.7. The first-order valence-electron chi connectivity index (χ1n) is 12.1. The third kappa shape index (κ3) is 5.88. The Morgan fingerprint density at radius 2 is 1.25 bits per heavy atom. The fourth-order valence-electron chi connectivity index (χ4n) is 3.33. The van der Waals surface area contributed by atoms with E-state index >= 15 is 0 Å². The fraction of sp³-hybridized carbons (Fsp3) is 0.346. The summed E-state index contributed by atoms with van der Waals surface area (Å²) in [6.07, 6.45) is 12.7. The zero-order valence-corrected chi connectivity index (χ0v) is 21.6. The fourth-order valence-corrected chi connectivity index (χ4v) is 3.33. The molecule has 0 atom stereocenters. The molecule has 0 fully saturated rings. The summed E-state index contributed by atoms with van der Waals surface area (Å²) in [5.41, 5.74) is 5.20.